The van der Waals surface area contributed by atoms with E-state index in [4.69, 9.17) is 0 Å². The standard InChI is InChI=1S/C13H23N3O2/c1-2-11-13(18)15-7-8-16(11)12(17)4-3-10-5-6-14-9-10/h10-11,14H,2-9H2,1H3,(H,15,18). The normalized spacial score (nSPS) is 28.3. The lowest BCUT2D eigenvalue weighted by atomic mass is 10.0. The first-order valence-electron chi connectivity index (χ1n) is 7.00. The molecule has 2 heterocycles. The summed E-state index contributed by atoms with van der Waals surface area (Å²) in [5, 5.41) is 6.14. The van der Waals surface area contributed by atoms with Crippen LogP contribution >= 0.6 is 0 Å². The third-order valence-corrected chi connectivity index (χ3v) is 3.97. The van der Waals surface area contributed by atoms with Gasteiger partial charge in [-0.2, -0.15) is 0 Å². The molecule has 0 radical (unpaired) electrons. The van der Waals surface area contributed by atoms with Gasteiger partial charge in [-0.3, -0.25) is 9.59 Å². The Hall–Kier alpha value is -1.10. The Kier molecular flexibility index (Phi) is 4.58. The minimum atomic E-state index is -0.257. The first-order valence-corrected chi connectivity index (χ1v) is 7.00. The maximum absolute atomic E-state index is 12.2. The molecule has 2 aliphatic rings. The summed E-state index contributed by atoms with van der Waals surface area (Å²) < 4.78 is 0. The molecule has 0 aromatic rings. The average Bonchev–Trinajstić information content (AvgIpc) is 2.88. The van der Waals surface area contributed by atoms with Gasteiger partial charge in [-0.15, -0.1) is 0 Å². The Bertz CT molecular complexity index is 313. The van der Waals surface area contributed by atoms with Gasteiger partial charge in [0, 0.05) is 19.5 Å². The third kappa shape index (κ3) is 3.02. The van der Waals surface area contributed by atoms with Crippen molar-refractivity contribution in [3.05, 3.63) is 0 Å². The summed E-state index contributed by atoms with van der Waals surface area (Å²) in [5.41, 5.74) is 0. The van der Waals surface area contributed by atoms with Gasteiger partial charge in [0.25, 0.3) is 0 Å². The summed E-state index contributed by atoms with van der Waals surface area (Å²) in [6.45, 7) is 5.31. The molecule has 2 fully saturated rings. The summed E-state index contributed by atoms with van der Waals surface area (Å²) in [7, 11) is 0. The molecule has 18 heavy (non-hydrogen) atoms. The van der Waals surface area contributed by atoms with Crippen LogP contribution in [0.4, 0.5) is 0 Å². The quantitative estimate of drug-likeness (QED) is 0.748. The second-order valence-corrected chi connectivity index (χ2v) is 5.20. The predicted molar refractivity (Wildman–Crippen MR) is 69.0 cm³/mol. The summed E-state index contributed by atoms with van der Waals surface area (Å²) in [5.74, 6) is 0.774. The van der Waals surface area contributed by atoms with Crippen LogP contribution in [-0.4, -0.2) is 48.9 Å². The summed E-state index contributed by atoms with van der Waals surface area (Å²) in [4.78, 5) is 25.6. The zero-order chi connectivity index (χ0) is 13.0. The van der Waals surface area contributed by atoms with Crippen molar-refractivity contribution in [1.82, 2.24) is 15.5 Å². The van der Waals surface area contributed by atoms with Gasteiger partial charge in [0.15, 0.2) is 0 Å². The first kappa shape index (κ1) is 13.3. The summed E-state index contributed by atoms with van der Waals surface area (Å²) >= 11 is 0. The number of hydrogen-bond acceptors (Lipinski definition) is 3. The largest absolute Gasteiger partial charge is 0.353 e. The van der Waals surface area contributed by atoms with Crippen molar-refractivity contribution in [3.8, 4) is 0 Å². The van der Waals surface area contributed by atoms with Crippen LogP contribution in [0.1, 0.15) is 32.6 Å². The topological polar surface area (TPSA) is 61.4 Å². The summed E-state index contributed by atoms with van der Waals surface area (Å²) in [6.07, 6.45) is 3.39. The number of nitrogens with zero attached hydrogens (tertiary/aromatic N) is 1. The van der Waals surface area contributed by atoms with Crippen LogP contribution < -0.4 is 10.6 Å². The van der Waals surface area contributed by atoms with Crippen molar-refractivity contribution in [1.29, 1.82) is 0 Å². The molecule has 2 atom stereocenters. The smallest absolute Gasteiger partial charge is 0.242 e. The van der Waals surface area contributed by atoms with Crippen LogP contribution in [-0.2, 0) is 9.59 Å². The van der Waals surface area contributed by atoms with E-state index in [1.54, 1.807) is 4.90 Å². The highest BCUT2D eigenvalue weighted by Gasteiger charge is 2.31. The molecule has 2 N–H and O–H groups in total. The maximum Gasteiger partial charge on any atom is 0.242 e. The highest BCUT2D eigenvalue weighted by Crippen LogP contribution is 2.17. The fraction of sp³-hybridized carbons (Fsp3) is 0.846. The van der Waals surface area contributed by atoms with Crippen molar-refractivity contribution in [3.63, 3.8) is 0 Å². The van der Waals surface area contributed by atoms with E-state index in [9.17, 15) is 9.59 Å². The zero-order valence-electron chi connectivity index (χ0n) is 11.1. The van der Waals surface area contributed by atoms with Crippen LogP contribution in [0, 0.1) is 5.92 Å². The molecular weight excluding hydrogens is 230 g/mol. The van der Waals surface area contributed by atoms with E-state index < -0.39 is 0 Å². The van der Waals surface area contributed by atoms with E-state index in [-0.39, 0.29) is 17.9 Å². The monoisotopic (exact) mass is 253 g/mol. The Morgan fingerprint density at radius 1 is 1.44 bits per heavy atom. The second kappa shape index (κ2) is 6.18. The molecule has 2 amide bonds. The molecule has 5 heteroatoms. The first-order chi connectivity index (χ1) is 8.72. The number of amides is 2. The third-order valence-electron chi connectivity index (χ3n) is 3.97. The summed E-state index contributed by atoms with van der Waals surface area (Å²) in [6, 6.07) is -0.257. The highest BCUT2D eigenvalue weighted by molar-refractivity contribution is 5.88. The lowest BCUT2D eigenvalue weighted by Gasteiger charge is -2.34. The molecule has 0 spiro atoms. The van der Waals surface area contributed by atoms with Crippen LogP contribution in [0.15, 0.2) is 0 Å². The maximum atomic E-state index is 12.2. The number of rotatable bonds is 4. The van der Waals surface area contributed by atoms with Crippen LogP contribution in [0.3, 0.4) is 0 Å². The molecule has 0 aromatic heterocycles. The molecule has 2 unspecified atom stereocenters. The lowest BCUT2D eigenvalue weighted by molar-refractivity contribution is -0.143. The van der Waals surface area contributed by atoms with E-state index in [0.717, 1.165) is 19.5 Å². The van der Waals surface area contributed by atoms with Crippen LogP contribution in [0.2, 0.25) is 0 Å². The molecule has 2 saturated heterocycles. The number of carbonyl (C=O) groups excluding carboxylic acids is 2. The number of hydrogen-bond donors (Lipinski definition) is 2. The molecule has 2 rings (SSSR count). The van der Waals surface area contributed by atoms with Crippen molar-refractivity contribution < 1.29 is 9.59 Å². The Morgan fingerprint density at radius 3 is 2.94 bits per heavy atom. The van der Waals surface area contributed by atoms with E-state index in [1.165, 1.54) is 6.42 Å². The number of carbonyl (C=O) groups is 2. The van der Waals surface area contributed by atoms with Gasteiger partial charge < -0.3 is 15.5 Å². The van der Waals surface area contributed by atoms with Crippen molar-refractivity contribution in [2.45, 2.75) is 38.6 Å². The fourth-order valence-electron chi connectivity index (χ4n) is 2.85. The van der Waals surface area contributed by atoms with Gasteiger partial charge >= 0.3 is 0 Å². The van der Waals surface area contributed by atoms with Gasteiger partial charge in [0.1, 0.15) is 6.04 Å². The van der Waals surface area contributed by atoms with Crippen LogP contribution in [0.25, 0.3) is 0 Å². The van der Waals surface area contributed by atoms with Gasteiger partial charge in [-0.1, -0.05) is 6.92 Å². The van der Waals surface area contributed by atoms with Crippen LogP contribution in [0.5, 0.6) is 0 Å². The fourth-order valence-corrected chi connectivity index (χ4v) is 2.85. The molecule has 0 saturated carbocycles. The van der Waals surface area contributed by atoms with E-state index in [1.807, 2.05) is 6.92 Å². The molecule has 5 nitrogen and oxygen atoms in total. The molecular formula is C13H23N3O2. The molecule has 0 aromatic carbocycles. The minimum Gasteiger partial charge on any atom is -0.353 e. The number of nitrogens with one attached hydrogen (secondary N) is 2. The van der Waals surface area contributed by atoms with Gasteiger partial charge in [-0.25, -0.2) is 0 Å². The second-order valence-electron chi connectivity index (χ2n) is 5.20. The SMILES string of the molecule is CCC1C(=O)NCCN1C(=O)CCC1CCNC1. The Labute approximate surface area is 108 Å². The molecule has 0 aliphatic carbocycles. The van der Waals surface area contributed by atoms with Crippen molar-refractivity contribution in [2.75, 3.05) is 26.2 Å². The lowest BCUT2D eigenvalue weighted by Crippen LogP contribution is -2.56. The van der Waals surface area contributed by atoms with Crippen molar-refractivity contribution >= 4 is 11.8 Å². The highest BCUT2D eigenvalue weighted by atomic mass is 16.2. The predicted octanol–water partition coefficient (Wildman–Crippen LogP) is 0.113. The Balaban J connectivity index is 1.84. The zero-order valence-corrected chi connectivity index (χ0v) is 11.1. The van der Waals surface area contributed by atoms with E-state index in [2.05, 4.69) is 10.6 Å². The van der Waals surface area contributed by atoms with E-state index in [0.29, 0.717) is 31.8 Å². The Morgan fingerprint density at radius 2 is 2.28 bits per heavy atom. The average molecular weight is 253 g/mol. The molecule has 2 aliphatic heterocycles. The van der Waals surface area contributed by atoms with E-state index >= 15 is 0 Å². The molecule has 102 valence electrons. The van der Waals surface area contributed by atoms with Gasteiger partial charge in [0.2, 0.25) is 11.8 Å². The van der Waals surface area contributed by atoms with Gasteiger partial charge in [-0.05, 0) is 38.3 Å². The molecule has 0 bridgehead atoms. The minimum absolute atomic E-state index is 0.000340. The van der Waals surface area contributed by atoms with Crippen molar-refractivity contribution in [2.24, 2.45) is 5.92 Å². The van der Waals surface area contributed by atoms with Gasteiger partial charge in [0.05, 0.1) is 0 Å². The number of piperazine rings is 1.